The van der Waals surface area contributed by atoms with Gasteiger partial charge in [0.15, 0.2) is 5.11 Å². The molecule has 2 aromatic rings. The van der Waals surface area contributed by atoms with Crippen LogP contribution in [0.2, 0.25) is 5.02 Å². The highest BCUT2D eigenvalue weighted by Gasteiger charge is 2.23. The molecule has 1 aliphatic heterocycles. The van der Waals surface area contributed by atoms with Crippen LogP contribution in [0.1, 0.15) is 11.1 Å². The lowest BCUT2D eigenvalue weighted by molar-refractivity contribution is 0.248. The van der Waals surface area contributed by atoms with Crippen LogP contribution in [-0.4, -0.2) is 42.4 Å². The Morgan fingerprint density at radius 1 is 1.18 bits per heavy atom. The molecule has 0 aromatic heterocycles. The van der Waals surface area contributed by atoms with E-state index in [1.165, 1.54) is 18.3 Å². The number of benzene rings is 2. The van der Waals surface area contributed by atoms with Gasteiger partial charge in [-0.1, -0.05) is 29.8 Å². The van der Waals surface area contributed by atoms with E-state index < -0.39 is 11.6 Å². The maximum absolute atomic E-state index is 14.5. The minimum atomic E-state index is -0.628. The second kappa shape index (κ2) is 9.27. The average Bonchev–Trinajstić information content (AvgIpc) is 2.64. The lowest BCUT2D eigenvalue weighted by Crippen LogP contribution is -2.46. The molecule has 3 N–H and O–H groups in total. The number of hydrazone groups is 1. The van der Waals surface area contributed by atoms with Crippen molar-refractivity contribution in [2.45, 2.75) is 6.54 Å². The van der Waals surface area contributed by atoms with Crippen molar-refractivity contribution in [1.29, 1.82) is 0 Å². The minimum absolute atomic E-state index is 0.0168. The molecule has 0 unspecified atom stereocenters. The molecule has 0 atom stereocenters. The van der Waals surface area contributed by atoms with E-state index in [4.69, 9.17) is 17.3 Å². The molecular formula is C19H20ClF2N5S. The zero-order chi connectivity index (χ0) is 20.1. The van der Waals surface area contributed by atoms with E-state index in [2.05, 4.69) is 27.6 Å². The largest absolute Gasteiger partial charge is 0.375 e. The van der Waals surface area contributed by atoms with Crippen molar-refractivity contribution in [2.24, 2.45) is 10.8 Å². The molecule has 0 saturated carbocycles. The second-order valence-corrected chi connectivity index (χ2v) is 7.27. The summed E-state index contributed by atoms with van der Waals surface area (Å²) < 4.78 is 29.1. The van der Waals surface area contributed by atoms with Crippen molar-refractivity contribution in [3.63, 3.8) is 0 Å². The molecule has 2 aromatic carbocycles. The molecule has 0 radical (unpaired) electrons. The molecule has 1 fully saturated rings. The highest BCUT2D eigenvalue weighted by molar-refractivity contribution is 7.80. The molecular weight excluding hydrogens is 404 g/mol. The van der Waals surface area contributed by atoms with Gasteiger partial charge in [0.2, 0.25) is 0 Å². The Bertz CT molecular complexity index is 861. The van der Waals surface area contributed by atoms with Gasteiger partial charge in [-0.3, -0.25) is 10.3 Å². The van der Waals surface area contributed by atoms with E-state index >= 15 is 0 Å². The van der Waals surface area contributed by atoms with Crippen LogP contribution >= 0.6 is 23.8 Å². The topological polar surface area (TPSA) is 56.9 Å². The van der Waals surface area contributed by atoms with Crippen LogP contribution in [-0.2, 0) is 6.54 Å². The van der Waals surface area contributed by atoms with Crippen molar-refractivity contribution in [2.75, 3.05) is 31.1 Å². The first-order valence-electron chi connectivity index (χ1n) is 8.72. The van der Waals surface area contributed by atoms with Crippen molar-refractivity contribution in [3.8, 4) is 0 Å². The number of nitrogens with one attached hydrogen (secondary N) is 1. The second-order valence-electron chi connectivity index (χ2n) is 6.42. The number of hydrogen-bond acceptors (Lipinski definition) is 4. The van der Waals surface area contributed by atoms with Crippen molar-refractivity contribution < 1.29 is 8.78 Å². The lowest BCUT2D eigenvalue weighted by atomic mass is 10.1. The summed E-state index contributed by atoms with van der Waals surface area (Å²) >= 11 is 10.8. The Morgan fingerprint density at radius 2 is 1.82 bits per heavy atom. The Labute approximate surface area is 172 Å². The summed E-state index contributed by atoms with van der Waals surface area (Å²) in [5.41, 5.74) is 8.90. The van der Waals surface area contributed by atoms with E-state index in [9.17, 15) is 8.78 Å². The van der Waals surface area contributed by atoms with Crippen LogP contribution in [0.25, 0.3) is 0 Å². The lowest BCUT2D eigenvalue weighted by Gasteiger charge is -2.36. The number of rotatable bonds is 5. The Balaban J connectivity index is 1.64. The average molecular weight is 424 g/mol. The first kappa shape index (κ1) is 20.4. The van der Waals surface area contributed by atoms with E-state index in [0.717, 1.165) is 10.6 Å². The highest BCUT2D eigenvalue weighted by Crippen LogP contribution is 2.26. The predicted molar refractivity (Wildman–Crippen MR) is 113 cm³/mol. The number of nitrogens with zero attached hydrogens (tertiary/aromatic N) is 3. The zero-order valence-corrected chi connectivity index (χ0v) is 16.6. The van der Waals surface area contributed by atoms with Gasteiger partial charge in [-0.15, -0.1) is 0 Å². The predicted octanol–water partition coefficient (Wildman–Crippen LogP) is 3.11. The Hall–Kier alpha value is -2.29. The Kier molecular flexibility index (Phi) is 6.77. The normalized spacial score (nSPS) is 15.2. The van der Waals surface area contributed by atoms with Gasteiger partial charge >= 0.3 is 0 Å². The first-order valence-corrected chi connectivity index (χ1v) is 9.51. The van der Waals surface area contributed by atoms with Crippen molar-refractivity contribution >= 4 is 40.8 Å². The summed E-state index contributed by atoms with van der Waals surface area (Å²) in [6.45, 7) is 3.13. The highest BCUT2D eigenvalue weighted by atomic mass is 35.5. The van der Waals surface area contributed by atoms with E-state index in [1.807, 2.05) is 24.3 Å². The van der Waals surface area contributed by atoms with E-state index in [0.29, 0.717) is 32.7 Å². The fraction of sp³-hybridized carbons (Fsp3) is 0.263. The van der Waals surface area contributed by atoms with Gasteiger partial charge in [-0.25, -0.2) is 8.78 Å². The molecule has 28 heavy (non-hydrogen) atoms. The maximum Gasteiger partial charge on any atom is 0.184 e. The van der Waals surface area contributed by atoms with Crippen molar-refractivity contribution in [1.82, 2.24) is 10.3 Å². The summed E-state index contributed by atoms with van der Waals surface area (Å²) in [5, 5.41) is 4.42. The monoisotopic (exact) mass is 423 g/mol. The van der Waals surface area contributed by atoms with Crippen molar-refractivity contribution in [3.05, 3.63) is 64.2 Å². The molecule has 148 valence electrons. The van der Waals surface area contributed by atoms with Gasteiger partial charge < -0.3 is 10.6 Å². The van der Waals surface area contributed by atoms with Gasteiger partial charge in [-0.05, 0) is 36.0 Å². The molecule has 5 nitrogen and oxygen atoms in total. The molecule has 9 heteroatoms. The fourth-order valence-corrected chi connectivity index (χ4v) is 3.38. The van der Waals surface area contributed by atoms with Crippen LogP contribution in [0.5, 0.6) is 0 Å². The number of nitrogens with two attached hydrogens (primary N) is 1. The third-order valence-electron chi connectivity index (χ3n) is 4.47. The van der Waals surface area contributed by atoms with E-state index in [1.54, 1.807) is 4.90 Å². The molecule has 0 aliphatic carbocycles. The fourth-order valence-electron chi connectivity index (χ4n) is 3.13. The SMILES string of the molecule is NC(=S)N/N=C/c1cc(F)c(N2CCN(Cc3ccccc3Cl)CC2)c(F)c1. The van der Waals surface area contributed by atoms with Gasteiger partial charge in [0.05, 0.1) is 6.21 Å². The maximum atomic E-state index is 14.5. The van der Waals surface area contributed by atoms with Gasteiger partial charge in [0.25, 0.3) is 0 Å². The smallest absolute Gasteiger partial charge is 0.184 e. The summed E-state index contributed by atoms with van der Waals surface area (Å²) in [7, 11) is 0. The van der Waals surface area contributed by atoms with Crippen LogP contribution in [0.15, 0.2) is 41.5 Å². The molecule has 1 heterocycles. The summed E-state index contributed by atoms with van der Waals surface area (Å²) in [5.74, 6) is -1.26. The standard InChI is InChI=1S/C19H20ClF2N5S/c20-15-4-2-1-3-14(15)12-26-5-7-27(8-6-26)18-16(21)9-13(10-17(18)22)11-24-25-19(23)28/h1-4,9-11H,5-8,12H2,(H3,23,25,28)/b24-11+. The number of halogens is 3. The molecule has 0 amide bonds. The quantitative estimate of drug-likeness (QED) is 0.439. The van der Waals surface area contributed by atoms with Gasteiger partial charge in [0.1, 0.15) is 17.3 Å². The van der Waals surface area contributed by atoms with Crippen LogP contribution < -0.4 is 16.1 Å². The van der Waals surface area contributed by atoms with Gasteiger partial charge in [0, 0.05) is 43.3 Å². The number of thiocarbonyl (C=S) groups is 1. The molecule has 3 rings (SSSR count). The third-order valence-corrected chi connectivity index (χ3v) is 4.93. The first-order chi connectivity index (χ1) is 13.4. The number of anilines is 1. The molecule has 1 saturated heterocycles. The van der Waals surface area contributed by atoms with E-state index in [-0.39, 0.29) is 16.4 Å². The van der Waals surface area contributed by atoms with Gasteiger partial charge in [-0.2, -0.15) is 5.10 Å². The van der Waals surface area contributed by atoms with Crippen LogP contribution in [0, 0.1) is 11.6 Å². The summed E-state index contributed by atoms with van der Waals surface area (Å²) in [4.78, 5) is 3.94. The summed E-state index contributed by atoms with van der Waals surface area (Å²) in [6.07, 6.45) is 1.26. The number of hydrogen-bond donors (Lipinski definition) is 2. The Morgan fingerprint density at radius 3 is 2.43 bits per heavy atom. The third kappa shape index (κ3) is 5.15. The molecule has 0 bridgehead atoms. The zero-order valence-electron chi connectivity index (χ0n) is 15.0. The van der Waals surface area contributed by atoms with Crippen LogP contribution in [0.4, 0.5) is 14.5 Å². The minimum Gasteiger partial charge on any atom is -0.375 e. The number of piperazine rings is 1. The summed E-state index contributed by atoms with van der Waals surface area (Å²) in [6, 6.07) is 10.2. The van der Waals surface area contributed by atoms with Crippen LogP contribution in [0.3, 0.4) is 0 Å². The molecule has 1 aliphatic rings. The molecule has 0 spiro atoms.